The number of alkyl halides is 3. The van der Waals surface area contributed by atoms with Crippen LogP contribution >= 0.6 is 0 Å². The third-order valence-corrected chi connectivity index (χ3v) is 4.41. The molecule has 0 radical (unpaired) electrons. The summed E-state index contributed by atoms with van der Waals surface area (Å²) >= 11 is 0. The molecule has 3 rings (SSSR count). The number of fused-ring (bicyclic) bond motifs is 1. The van der Waals surface area contributed by atoms with Crippen molar-refractivity contribution in [2.45, 2.75) is 25.6 Å². The number of methoxy groups -OCH3 is 2. The van der Waals surface area contributed by atoms with Gasteiger partial charge in [0.05, 0.1) is 31.0 Å². The van der Waals surface area contributed by atoms with Crippen molar-refractivity contribution in [1.82, 2.24) is 4.57 Å². The second-order valence-corrected chi connectivity index (χ2v) is 5.86. The van der Waals surface area contributed by atoms with Gasteiger partial charge >= 0.3 is 18.1 Å². The van der Waals surface area contributed by atoms with Crippen molar-refractivity contribution in [3.63, 3.8) is 0 Å². The fourth-order valence-electron chi connectivity index (χ4n) is 3.34. The third-order valence-electron chi connectivity index (χ3n) is 4.41. The molecule has 0 atom stereocenters. The predicted octanol–water partition coefficient (Wildman–Crippen LogP) is 3.69. The maximum Gasteiger partial charge on any atom is 0.416 e. The largest absolute Gasteiger partial charge is 0.465 e. The zero-order chi connectivity index (χ0) is 19.1. The van der Waals surface area contributed by atoms with Crippen LogP contribution in [-0.4, -0.2) is 30.7 Å². The summed E-state index contributed by atoms with van der Waals surface area (Å²) in [5.74, 6) is -1.51. The number of benzene rings is 1. The molecule has 0 bridgehead atoms. The van der Waals surface area contributed by atoms with E-state index in [2.05, 4.69) is 0 Å². The van der Waals surface area contributed by atoms with E-state index in [1.165, 1.54) is 19.2 Å². The smallest absolute Gasteiger partial charge is 0.416 e. The Morgan fingerprint density at radius 1 is 1.08 bits per heavy atom. The van der Waals surface area contributed by atoms with Crippen LogP contribution in [0.25, 0.3) is 11.3 Å². The van der Waals surface area contributed by atoms with Gasteiger partial charge in [-0.2, -0.15) is 13.2 Å². The Kier molecular flexibility index (Phi) is 4.52. The maximum absolute atomic E-state index is 13.1. The van der Waals surface area contributed by atoms with E-state index in [0.717, 1.165) is 19.2 Å². The molecule has 0 saturated carbocycles. The summed E-state index contributed by atoms with van der Waals surface area (Å²) in [5.41, 5.74) is 0.177. The van der Waals surface area contributed by atoms with E-state index in [1.54, 1.807) is 4.57 Å². The standard InChI is InChI=1S/C18H16F3NO4/c1-25-16(23)13-12-7-4-8-22(12)15(14(13)17(24)26-2)10-5-3-6-11(9-10)18(19,20)21/h3,5-6,9H,4,7-8H2,1-2H3. The van der Waals surface area contributed by atoms with Gasteiger partial charge in [-0.25, -0.2) is 9.59 Å². The van der Waals surface area contributed by atoms with Crippen molar-refractivity contribution in [3.05, 3.63) is 46.6 Å². The molecule has 0 amide bonds. The highest BCUT2D eigenvalue weighted by Crippen LogP contribution is 2.39. The zero-order valence-corrected chi connectivity index (χ0v) is 14.1. The minimum Gasteiger partial charge on any atom is -0.465 e. The Morgan fingerprint density at radius 3 is 2.35 bits per heavy atom. The molecule has 0 aliphatic carbocycles. The summed E-state index contributed by atoms with van der Waals surface area (Å²) in [5, 5.41) is 0. The Labute approximate surface area is 147 Å². The summed E-state index contributed by atoms with van der Waals surface area (Å²) in [6.45, 7) is 0.488. The van der Waals surface area contributed by atoms with Crippen LogP contribution in [-0.2, 0) is 28.6 Å². The molecule has 0 N–H and O–H groups in total. The van der Waals surface area contributed by atoms with E-state index in [9.17, 15) is 22.8 Å². The van der Waals surface area contributed by atoms with Gasteiger partial charge in [-0.15, -0.1) is 0 Å². The van der Waals surface area contributed by atoms with E-state index in [1.807, 2.05) is 0 Å². The first-order chi connectivity index (χ1) is 12.3. The van der Waals surface area contributed by atoms with E-state index in [4.69, 9.17) is 9.47 Å². The molecule has 138 valence electrons. The van der Waals surface area contributed by atoms with Crippen molar-refractivity contribution in [2.24, 2.45) is 0 Å². The SMILES string of the molecule is COC(=O)c1c(C(=O)OC)c(-c2cccc(C(F)(F)F)c2)n2c1CCC2. The number of esters is 2. The van der Waals surface area contributed by atoms with E-state index < -0.39 is 23.7 Å². The van der Waals surface area contributed by atoms with Crippen LogP contribution in [0.1, 0.15) is 38.4 Å². The molecular formula is C18H16F3NO4. The second kappa shape index (κ2) is 6.51. The minimum atomic E-state index is -4.52. The van der Waals surface area contributed by atoms with Crippen LogP contribution in [0, 0.1) is 0 Å². The third kappa shape index (κ3) is 2.85. The van der Waals surface area contributed by atoms with Crippen LogP contribution in [0.4, 0.5) is 13.2 Å². The number of hydrogen-bond donors (Lipinski definition) is 0. The van der Waals surface area contributed by atoms with Crippen LogP contribution in [0.5, 0.6) is 0 Å². The lowest BCUT2D eigenvalue weighted by Gasteiger charge is -2.12. The number of nitrogens with zero attached hydrogens (tertiary/aromatic N) is 1. The number of ether oxygens (including phenoxy) is 2. The second-order valence-electron chi connectivity index (χ2n) is 5.86. The average Bonchev–Trinajstić information content (AvgIpc) is 3.19. The molecule has 1 aromatic heterocycles. The van der Waals surface area contributed by atoms with Crippen LogP contribution < -0.4 is 0 Å². The molecule has 5 nitrogen and oxygen atoms in total. The summed E-state index contributed by atoms with van der Waals surface area (Å²) in [6, 6.07) is 4.67. The number of aromatic nitrogens is 1. The summed E-state index contributed by atoms with van der Waals surface area (Å²) in [6.07, 6.45) is -3.28. The molecule has 26 heavy (non-hydrogen) atoms. The predicted molar refractivity (Wildman–Crippen MR) is 85.9 cm³/mol. The molecule has 0 unspecified atom stereocenters. The fourth-order valence-corrected chi connectivity index (χ4v) is 3.34. The molecule has 0 fully saturated rings. The number of carbonyl (C=O) groups is 2. The number of hydrogen-bond acceptors (Lipinski definition) is 4. The van der Waals surface area contributed by atoms with Crippen molar-refractivity contribution in [2.75, 3.05) is 14.2 Å². The van der Waals surface area contributed by atoms with Gasteiger partial charge in [-0.05, 0) is 30.5 Å². The lowest BCUT2D eigenvalue weighted by Crippen LogP contribution is -2.12. The Morgan fingerprint density at radius 2 is 1.73 bits per heavy atom. The number of halogens is 3. The lowest BCUT2D eigenvalue weighted by atomic mass is 10.0. The molecule has 0 saturated heterocycles. The summed E-state index contributed by atoms with van der Waals surface area (Å²) < 4.78 is 50.6. The fraction of sp³-hybridized carbons (Fsp3) is 0.333. The van der Waals surface area contributed by atoms with Gasteiger partial charge in [-0.3, -0.25) is 0 Å². The quantitative estimate of drug-likeness (QED) is 0.777. The van der Waals surface area contributed by atoms with E-state index in [-0.39, 0.29) is 22.4 Å². The Balaban J connectivity index is 2.31. The van der Waals surface area contributed by atoms with Gasteiger partial charge in [0.15, 0.2) is 0 Å². The molecular weight excluding hydrogens is 351 g/mol. The first kappa shape index (κ1) is 18.0. The average molecular weight is 367 g/mol. The Hall–Kier alpha value is -2.77. The molecule has 8 heteroatoms. The maximum atomic E-state index is 13.1. The highest BCUT2D eigenvalue weighted by atomic mass is 19.4. The first-order valence-electron chi connectivity index (χ1n) is 7.89. The first-order valence-corrected chi connectivity index (χ1v) is 7.89. The zero-order valence-electron chi connectivity index (χ0n) is 14.1. The summed E-state index contributed by atoms with van der Waals surface area (Å²) in [7, 11) is 2.34. The van der Waals surface area contributed by atoms with Crippen molar-refractivity contribution in [1.29, 1.82) is 0 Å². The number of rotatable bonds is 3. The molecule has 2 heterocycles. The van der Waals surface area contributed by atoms with Gasteiger partial charge in [0.2, 0.25) is 0 Å². The van der Waals surface area contributed by atoms with Crippen LogP contribution in [0.15, 0.2) is 24.3 Å². The minimum absolute atomic E-state index is 0.0595. The number of carbonyl (C=O) groups excluding carboxylic acids is 2. The summed E-state index contributed by atoms with van der Waals surface area (Å²) in [4.78, 5) is 24.6. The molecule has 2 aromatic rings. The van der Waals surface area contributed by atoms with Gasteiger partial charge in [0.1, 0.15) is 5.56 Å². The van der Waals surface area contributed by atoms with Gasteiger partial charge < -0.3 is 14.0 Å². The highest BCUT2D eigenvalue weighted by molar-refractivity contribution is 6.09. The molecule has 0 spiro atoms. The molecule has 1 aromatic carbocycles. The van der Waals surface area contributed by atoms with E-state index >= 15 is 0 Å². The Bertz CT molecular complexity index is 883. The topological polar surface area (TPSA) is 57.5 Å². The van der Waals surface area contributed by atoms with Crippen molar-refractivity contribution < 1.29 is 32.2 Å². The van der Waals surface area contributed by atoms with Crippen molar-refractivity contribution in [3.8, 4) is 11.3 Å². The normalized spacial score (nSPS) is 13.4. The van der Waals surface area contributed by atoms with Crippen LogP contribution in [0.3, 0.4) is 0 Å². The monoisotopic (exact) mass is 367 g/mol. The lowest BCUT2D eigenvalue weighted by molar-refractivity contribution is -0.137. The highest BCUT2D eigenvalue weighted by Gasteiger charge is 2.36. The van der Waals surface area contributed by atoms with Gasteiger partial charge in [0, 0.05) is 12.2 Å². The van der Waals surface area contributed by atoms with Gasteiger partial charge in [-0.1, -0.05) is 12.1 Å². The molecule has 1 aliphatic heterocycles. The van der Waals surface area contributed by atoms with Crippen LogP contribution in [0.2, 0.25) is 0 Å². The van der Waals surface area contributed by atoms with E-state index in [0.29, 0.717) is 25.1 Å². The van der Waals surface area contributed by atoms with Crippen molar-refractivity contribution >= 4 is 11.9 Å². The molecule has 1 aliphatic rings. The van der Waals surface area contributed by atoms with Gasteiger partial charge in [0.25, 0.3) is 0 Å².